The minimum absolute atomic E-state index is 0.0908. The van der Waals surface area contributed by atoms with Crippen LogP contribution in [0.15, 0.2) is 47.5 Å². The number of nitrogens with zero attached hydrogens (tertiary/aromatic N) is 2. The fourth-order valence-corrected chi connectivity index (χ4v) is 4.08. The highest BCUT2D eigenvalue weighted by Gasteiger charge is 2.10. The van der Waals surface area contributed by atoms with E-state index < -0.39 is 0 Å². The Morgan fingerprint density at radius 1 is 1.17 bits per heavy atom. The summed E-state index contributed by atoms with van der Waals surface area (Å²) >= 11 is 1.61. The summed E-state index contributed by atoms with van der Waals surface area (Å²) in [5.41, 5.74) is 4.67. The van der Waals surface area contributed by atoms with Gasteiger partial charge in [0.15, 0.2) is 4.80 Å². The quantitative estimate of drug-likeness (QED) is 0.694. The summed E-state index contributed by atoms with van der Waals surface area (Å²) in [5.74, 6) is -0.0908. The van der Waals surface area contributed by atoms with Gasteiger partial charge in [-0.05, 0) is 43.0 Å². The van der Waals surface area contributed by atoms with Gasteiger partial charge in [-0.1, -0.05) is 54.7 Å². The Balaban J connectivity index is 2.06. The van der Waals surface area contributed by atoms with Crippen LogP contribution in [0.3, 0.4) is 0 Å². The Bertz CT molecular complexity index is 935. The molecular formula is C20H22N2OS. The van der Waals surface area contributed by atoms with E-state index in [1.165, 1.54) is 21.3 Å². The summed E-state index contributed by atoms with van der Waals surface area (Å²) in [5, 5.41) is 0. The molecule has 0 aliphatic rings. The molecule has 0 fully saturated rings. The van der Waals surface area contributed by atoms with Gasteiger partial charge in [0.2, 0.25) is 0 Å². The van der Waals surface area contributed by atoms with E-state index in [4.69, 9.17) is 0 Å². The Morgan fingerprint density at radius 2 is 1.92 bits per heavy atom. The van der Waals surface area contributed by atoms with E-state index in [-0.39, 0.29) is 5.91 Å². The minimum atomic E-state index is -0.0908. The molecule has 0 radical (unpaired) electrons. The first-order valence-electron chi connectivity index (χ1n) is 8.30. The fourth-order valence-electron chi connectivity index (χ4n) is 2.95. The smallest absolute Gasteiger partial charge is 0.252 e. The second-order valence-electron chi connectivity index (χ2n) is 6.13. The second-order valence-corrected chi connectivity index (χ2v) is 7.11. The molecule has 0 atom stereocenters. The van der Waals surface area contributed by atoms with Crippen molar-refractivity contribution in [3.63, 3.8) is 0 Å². The maximum atomic E-state index is 12.4. The molecule has 124 valence electrons. The van der Waals surface area contributed by atoms with Crippen LogP contribution in [-0.4, -0.2) is 10.5 Å². The molecule has 3 nitrogen and oxygen atoms in total. The Hall–Kier alpha value is -2.20. The number of benzene rings is 2. The predicted octanol–water partition coefficient (Wildman–Crippen LogP) is 4.40. The zero-order chi connectivity index (χ0) is 17.1. The van der Waals surface area contributed by atoms with Gasteiger partial charge in [0.25, 0.3) is 5.91 Å². The number of amides is 1. The van der Waals surface area contributed by atoms with Crippen molar-refractivity contribution < 1.29 is 4.79 Å². The van der Waals surface area contributed by atoms with E-state index in [9.17, 15) is 4.79 Å². The molecule has 3 rings (SSSR count). The summed E-state index contributed by atoms with van der Waals surface area (Å²) in [6.45, 7) is 7.25. The van der Waals surface area contributed by atoms with Gasteiger partial charge in [-0.25, -0.2) is 0 Å². The molecule has 0 aliphatic carbocycles. The third-order valence-electron chi connectivity index (χ3n) is 3.98. The lowest BCUT2D eigenvalue weighted by Gasteiger charge is -2.04. The van der Waals surface area contributed by atoms with Crippen LogP contribution in [0, 0.1) is 13.8 Å². The van der Waals surface area contributed by atoms with Crippen molar-refractivity contribution in [1.29, 1.82) is 0 Å². The lowest BCUT2D eigenvalue weighted by molar-refractivity contribution is -0.117. The zero-order valence-electron chi connectivity index (χ0n) is 14.4. The normalized spacial score (nSPS) is 12.0. The molecule has 1 amide bonds. The number of thiazole rings is 1. The Morgan fingerprint density at radius 3 is 2.62 bits per heavy atom. The largest absolute Gasteiger partial charge is 0.316 e. The summed E-state index contributed by atoms with van der Waals surface area (Å²) in [6, 6.07) is 14.2. The number of fused-ring (bicyclic) bond motifs is 1. The minimum Gasteiger partial charge on any atom is -0.316 e. The van der Waals surface area contributed by atoms with Crippen LogP contribution in [0.1, 0.15) is 30.0 Å². The number of hydrogen-bond donors (Lipinski definition) is 0. The Labute approximate surface area is 146 Å². The van der Waals surface area contributed by atoms with E-state index in [2.05, 4.69) is 42.5 Å². The van der Waals surface area contributed by atoms with Crippen molar-refractivity contribution in [3.8, 4) is 0 Å². The number of carbonyl (C=O) groups is 1. The van der Waals surface area contributed by atoms with Crippen molar-refractivity contribution in [2.24, 2.45) is 4.99 Å². The van der Waals surface area contributed by atoms with Gasteiger partial charge >= 0.3 is 0 Å². The van der Waals surface area contributed by atoms with Crippen LogP contribution < -0.4 is 4.80 Å². The zero-order valence-corrected chi connectivity index (χ0v) is 15.2. The van der Waals surface area contributed by atoms with Crippen LogP contribution in [-0.2, 0) is 17.8 Å². The van der Waals surface area contributed by atoms with Crippen molar-refractivity contribution in [2.75, 3.05) is 0 Å². The van der Waals surface area contributed by atoms with Crippen LogP contribution in [0.4, 0.5) is 0 Å². The molecule has 0 saturated carbocycles. The highest BCUT2D eigenvalue weighted by molar-refractivity contribution is 7.16. The summed E-state index contributed by atoms with van der Waals surface area (Å²) in [7, 11) is 0. The van der Waals surface area contributed by atoms with Crippen molar-refractivity contribution in [3.05, 3.63) is 64.0 Å². The van der Waals surface area contributed by atoms with E-state index in [0.29, 0.717) is 6.42 Å². The highest BCUT2D eigenvalue weighted by Crippen LogP contribution is 2.23. The van der Waals surface area contributed by atoms with Gasteiger partial charge in [0.1, 0.15) is 0 Å². The first-order valence-corrected chi connectivity index (χ1v) is 9.12. The van der Waals surface area contributed by atoms with Gasteiger partial charge in [-0.2, -0.15) is 4.99 Å². The van der Waals surface area contributed by atoms with E-state index >= 15 is 0 Å². The van der Waals surface area contributed by atoms with Gasteiger partial charge in [0.05, 0.1) is 16.6 Å². The number of carbonyl (C=O) groups excluding carboxylic acids is 1. The lowest BCUT2D eigenvalue weighted by Crippen LogP contribution is -2.17. The number of aromatic nitrogens is 1. The standard InChI is InChI=1S/C20H22N2OS/c1-4-10-22-17-12-14(2)11-15(3)19(17)24-20(22)21-18(23)13-16-8-6-5-7-9-16/h5-9,11-12H,4,10,13H2,1-3H3. The maximum absolute atomic E-state index is 12.4. The van der Waals surface area contributed by atoms with E-state index in [1.807, 2.05) is 30.3 Å². The number of hydrogen-bond acceptors (Lipinski definition) is 2. The van der Waals surface area contributed by atoms with Crippen LogP contribution >= 0.6 is 11.3 Å². The molecule has 0 bridgehead atoms. The summed E-state index contributed by atoms with van der Waals surface area (Å²) in [4.78, 5) is 17.6. The summed E-state index contributed by atoms with van der Waals surface area (Å²) < 4.78 is 3.41. The number of rotatable bonds is 4. The molecule has 24 heavy (non-hydrogen) atoms. The van der Waals surface area contributed by atoms with E-state index in [0.717, 1.165) is 23.3 Å². The maximum Gasteiger partial charge on any atom is 0.252 e. The average molecular weight is 338 g/mol. The van der Waals surface area contributed by atoms with Crippen LogP contribution in [0.25, 0.3) is 10.2 Å². The molecule has 4 heteroatoms. The van der Waals surface area contributed by atoms with Crippen molar-refractivity contribution in [1.82, 2.24) is 4.57 Å². The molecule has 0 spiro atoms. The van der Waals surface area contributed by atoms with E-state index in [1.54, 1.807) is 11.3 Å². The second kappa shape index (κ2) is 7.14. The monoisotopic (exact) mass is 338 g/mol. The average Bonchev–Trinajstić information content (AvgIpc) is 2.87. The summed E-state index contributed by atoms with van der Waals surface area (Å²) in [6.07, 6.45) is 1.36. The third-order valence-corrected chi connectivity index (χ3v) is 5.21. The SMILES string of the molecule is CCCn1c(=NC(=O)Cc2ccccc2)sc2c(C)cc(C)cc21. The molecule has 3 aromatic rings. The van der Waals surface area contributed by atoms with Crippen LogP contribution in [0.2, 0.25) is 0 Å². The lowest BCUT2D eigenvalue weighted by atomic mass is 10.1. The molecule has 0 aliphatic heterocycles. The molecule has 0 saturated heterocycles. The fraction of sp³-hybridized carbons (Fsp3) is 0.300. The first-order chi connectivity index (χ1) is 11.6. The topological polar surface area (TPSA) is 34.4 Å². The molecule has 2 aromatic carbocycles. The first kappa shape index (κ1) is 16.7. The van der Waals surface area contributed by atoms with Crippen molar-refractivity contribution >= 4 is 27.5 Å². The molecule has 0 N–H and O–H groups in total. The molecule has 1 aromatic heterocycles. The highest BCUT2D eigenvalue weighted by atomic mass is 32.1. The molecular weight excluding hydrogens is 316 g/mol. The molecule has 1 heterocycles. The van der Waals surface area contributed by atoms with Gasteiger partial charge in [-0.3, -0.25) is 4.79 Å². The Kier molecular flexibility index (Phi) is 4.95. The van der Waals surface area contributed by atoms with Crippen LogP contribution in [0.5, 0.6) is 0 Å². The van der Waals surface area contributed by atoms with Gasteiger partial charge in [0, 0.05) is 6.54 Å². The third kappa shape index (κ3) is 3.49. The van der Waals surface area contributed by atoms with Gasteiger partial charge in [-0.15, -0.1) is 0 Å². The number of aryl methyl sites for hydroxylation is 3. The predicted molar refractivity (Wildman–Crippen MR) is 100 cm³/mol. The molecule has 0 unspecified atom stereocenters. The van der Waals surface area contributed by atoms with Gasteiger partial charge < -0.3 is 4.57 Å². The van der Waals surface area contributed by atoms with Crippen molar-refractivity contribution in [2.45, 2.75) is 40.2 Å².